The third kappa shape index (κ3) is 4.93. The molecule has 142 valence electrons. The van der Waals surface area contributed by atoms with Crippen LogP contribution >= 0.6 is 23.2 Å². The van der Waals surface area contributed by atoms with Crippen LogP contribution in [0, 0.1) is 0 Å². The predicted molar refractivity (Wildman–Crippen MR) is 108 cm³/mol. The summed E-state index contributed by atoms with van der Waals surface area (Å²) in [5, 5.41) is 3.82. The lowest BCUT2D eigenvalue weighted by Crippen LogP contribution is -2.50. The van der Waals surface area contributed by atoms with Crippen LogP contribution in [0.1, 0.15) is 5.56 Å². The van der Waals surface area contributed by atoms with Gasteiger partial charge in [0.2, 0.25) is 11.8 Å². The Balaban J connectivity index is 1.72. The van der Waals surface area contributed by atoms with Crippen molar-refractivity contribution in [3.8, 4) is 0 Å². The number of para-hydroxylation sites is 1. The summed E-state index contributed by atoms with van der Waals surface area (Å²) in [5.74, 6) is -0.343. The maximum absolute atomic E-state index is 12.7. The van der Waals surface area contributed by atoms with Gasteiger partial charge in [0.1, 0.15) is 6.04 Å². The lowest BCUT2D eigenvalue weighted by atomic mass is 10.1. The minimum absolute atomic E-state index is 0.0921. The highest BCUT2D eigenvalue weighted by molar-refractivity contribution is 6.35. The molecule has 0 spiro atoms. The van der Waals surface area contributed by atoms with Gasteiger partial charge < -0.3 is 15.1 Å². The van der Waals surface area contributed by atoms with Crippen LogP contribution in [0.3, 0.4) is 0 Å². The van der Waals surface area contributed by atoms with E-state index in [1.807, 2.05) is 30.3 Å². The highest BCUT2D eigenvalue weighted by Gasteiger charge is 2.30. The van der Waals surface area contributed by atoms with Gasteiger partial charge in [-0.25, -0.2) is 0 Å². The van der Waals surface area contributed by atoms with Crippen LogP contribution in [0.25, 0.3) is 0 Å². The lowest BCUT2D eigenvalue weighted by molar-refractivity contribution is -0.134. The van der Waals surface area contributed by atoms with Gasteiger partial charge in [-0.05, 0) is 29.8 Å². The number of likely N-dealkylation sites (N-methyl/N-ethyl adjacent to an activating group) is 1. The van der Waals surface area contributed by atoms with E-state index in [0.29, 0.717) is 35.2 Å². The van der Waals surface area contributed by atoms with E-state index in [1.165, 1.54) is 0 Å². The predicted octanol–water partition coefficient (Wildman–Crippen LogP) is 3.00. The Kier molecular flexibility index (Phi) is 6.24. The lowest BCUT2D eigenvalue weighted by Gasteiger charge is -2.25. The van der Waals surface area contributed by atoms with E-state index in [1.54, 1.807) is 30.1 Å². The van der Waals surface area contributed by atoms with E-state index in [-0.39, 0.29) is 18.2 Å². The first-order valence-electron chi connectivity index (χ1n) is 8.72. The van der Waals surface area contributed by atoms with Crippen molar-refractivity contribution in [2.45, 2.75) is 12.5 Å². The molecule has 0 aromatic heterocycles. The third-order valence-electron chi connectivity index (χ3n) is 4.61. The highest BCUT2D eigenvalue weighted by Crippen LogP contribution is 2.21. The van der Waals surface area contributed by atoms with Crippen LogP contribution in [0.5, 0.6) is 0 Å². The quantitative estimate of drug-likeness (QED) is 0.850. The number of carbonyl (C=O) groups excluding carboxylic acids is 2. The maximum atomic E-state index is 12.7. The average Bonchev–Trinajstić information content (AvgIpc) is 2.79. The standard InChI is InChI=1S/C20H21Cl2N3O2/c1-24-9-10-25(16-5-3-2-4-6-16)13-18(20(24)27)23-19(26)11-14-7-8-15(21)12-17(14)22/h2-8,12,18H,9-11,13H2,1H3,(H,23,26). The molecule has 0 saturated carbocycles. The van der Waals surface area contributed by atoms with E-state index < -0.39 is 6.04 Å². The second-order valence-electron chi connectivity index (χ2n) is 6.57. The Morgan fingerprint density at radius 1 is 1.15 bits per heavy atom. The topological polar surface area (TPSA) is 52.6 Å². The monoisotopic (exact) mass is 405 g/mol. The Morgan fingerprint density at radius 2 is 1.89 bits per heavy atom. The molecule has 1 saturated heterocycles. The van der Waals surface area contributed by atoms with E-state index >= 15 is 0 Å². The summed E-state index contributed by atoms with van der Waals surface area (Å²) in [6.07, 6.45) is 0.0921. The van der Waals surface area contributed by atoms with Gasteiger partial charge in [0, 0.05) is 42.4 Å². The van der Waals surface area contributed by atoms with Crippen LogP contribution in [0.4, 0.5) is 5.69 Å². The number of nitrogens with zero attached hydrogens (tertiary/aromatic N) is 2. The molecule has 0 bridgehead atoms. The number of hydrogen-bond acceptors (Lipinski definition) is 3. The van der Waals surface area contributed by atoms with E-state index in [2.05, 4.69) is 10.2 Å². The zero-order valence-electron chi connectivity index (χ0n) is 15.0. The van der Waals surface area contributed by atoms with E-state index in [0.717, 1.165) is 5.69 Å². The molecule has 2 aromatic carbocycles. The van der Waals surface area contributed by atoms with Crippen molar-refractivity contribution in [3.63, 3.8) is 0 Å². The molecule has 1 aliphatic heterocycles. The van der Waals surface area contributed by atoms with Gasteiger partial charge in [-0.1, -0.05) is 47.5 Å². The molecule has 2 aromatic rings. The summed E-state index contributed by atoms with van der Waals surface area (Å²) in [4.78, 5) is 29.0. The van der Waals surface area contributed by atoms with Gasteiger partial charge in [0.25, 0.3) is 0 Å². The van der Waals surface area contributed by atoms with Crippen molar-refractivity contribution in [2.75, 3.05) is 31.6 Å². The van der Waals surface area contributed by atoms with E-state index in [9.17, 15) is 9.59 Å². The average molecular weight is 406 g/mol. The SMILES string of the molecule is CN1CCN(c2ccccc2)CC(NC(=O)Cc2ccc(Cl)cc2Cl)C1=O. The van der Waals surface area contributed by atoms with Crippen LogP contribution in [0.15, 0.2) is 48.5 Å². The van der Waals surface area contributed by atoms with Gasteiger partial charge in [-0.2, -0.15) is 0 Å². The zero-order chi connectivity index (χ0) is 19.4. The first-order valence-corrected chi connectivity index (χ1v) is 9.48. The molecule has 7 heteroatoms. The number of nitrogens with one attached hydrogen (secondary N) is 1. The molecule has 1 N–H and O–H groups in total. The van der Waals surface area contributed by atoms with Gasteiger partial charge in [0.05, 0.1) is 6.42 Å². The van der Waals surface area contributed by atoms with Crippen molar-refractivity contribution in [3.05, 3.63) is 64.1 Å². The summed E-state index contributed by atoms with van der Waals surface area (Å²) in [6.45, 7) is 1.73. The van der Waals surface area contributed by atoms with Crippen LogP contribution in [0.2, 0.25) is 10.0 Å². The summed E-state index contributed by atoms with van der Waals surface area (Å²) >= 11 is 12.0. The third-order valence-corrected chi connectivity index (χ3v) is 5.19. The first kappa shape index (κ1) is 19.5. The van der Waals surface area contributed by atoms with Crippen molar-refractivity contribution >= 4 is 40.7 Å². The molecule has 5 nitrogen and oxygen atoms in total. The molecule has 2 amide bonds. The fourth-order valence-electron chi connectivity index (χ4n) is 3.10. The first-order chi connectivity index (χ1) is 12.9. The fourth-order valence-corrected chi connectivity index (χ4v) is 3.58. The van der Waals surface area contributed by atoms with Gasteiger partial charge >= 0.3 is 0 Å². The van der Waals surface area contributed by atoms with Crippen molar-refractivity contribution in [2.24, 2.45) is 0 Å². The summed E-state index contributed by atoms with van der Waals surface area (Å²) in [7, 11) is 1.76. The smallest absolute Gasteiger partial charge is 0.246 e. The van der Waals surface area contributed by atoms with Crippen molar-refractivity contribution in [1.29, 1.82) is 0 Å². The van der Waals surface area contributed by atoms with Gasteiger partial charge in [0.15, 0.2) is 0 Å². The van der Waals surface area contributed by atoms with E-state index in [4.69, 9.17) is 23.2 Å². The molecule has 1 heterocycles. The Morgan fingerprint density at radius 3 is 2.59 bits per heavy atom. The molecule has 1 fully saturated rings. The highest BCUT2D eigenvalue weighted by atomic mass is 35.5. The fraction of sp³-hybridized carbons (Fsp3) is 0.300. The normalized spacial score (nSPS) is 17.6. The van der Waals surface area contributed by atoms with Crippen LogP contribution in [-0.2, 0) is 16.0 Å². The van der Waals surface area contributed by atoms with Gasteiger partial charge in [-0.15, -0.1) is 0 Å². The Bertz CT molecular complexity index is 829. The second-order valence-corrected chi connectivity index (χ2v) is 7.42. The van der Waals surface area contributed by atoms with Gasteiger partial charge in [-0.3, -0.25) is 9.59 Å². The molecular formula is C20H21Cl2N3O2. The second kappa shape index (κ2) is 8.63. The molecule has 1 unspecified atom stereocenters. The Labute approximate surface area is 168 Å². The number of anilines is 1. The zero-order valence-corrected chi connectivity index (χ0v) is 16.5. The number of benzene rings is 2. The number of hydrogen-bond donors (Lipinski definition) is 1. The molecule has 1 atom stereocenters. The van der Waals surface area contributed by atoms with Crippen LogP contribution in [-0.4, -0.2) is 49.4 Å². The number of amides is 2. The number of halogens is 2. The molecule has 27 heavy (non-hydrogen) atoms. The van der Waals surface area contributed by atoms with Crippen molar-refractivity contribution < 1.29 is 9.59 Å². The minimum atomic E-state index is -0.615. The maximum Gasteiger partial charge on any atom is 0.246 e. The molecule has 0 aliphatic carbocycles. The molecule has 1 aliphatic rings. The largest absolute Gasteiger partial charge is 0.367 e. The summed E-state index contributed by atoms with van der Waals surface area (Å²) in [6, 6.07) is 14.3. The summed E-state index contributed by atoms with van der Waals surface area (Å²) < 4.78 is 0. The summed E-state index contributed by atoms with van der Waals surface area (Å²) in [5.41, 5.74) is 1.70. The van der Waals surface area contributed by atoms with Crippen molar-refractivity contribution in [1.82, 2.24) is 10.2 Å². The molecule has 3 rings (SSSR count). The van der Waals surface area contributed by atoms with Crippen LogP contribution < -0.4 is 10.2 Å². The minimum Gasteiger partial charge on any atom is -0.367 e. The molecule has 0 radical (unpaired) electrons. The number of rotatable bonds is 4. The molecular weight excluding hydrogens is 385 g/mol. The Hall–Kier alpha value is -2.24. The number of carbonyl (C=O) groups is 2.